The third-order valence-corrected chi connectivity index (χ3v) is 5.66. The van der Waals surface area contributed by atoms with Crippen molar-refractivity contribution in [3.05, 3.63) is 23.8 Å². The molecule has 25 heavy (non-hydrogen) atoms. The molecule has 1 atom stereocenters. The van der Waals surface area contributed by atoms with Gasteiger partial charge in [0.25, 0.3) is 5.91 Å². The van der Waals surface area contributed by atoms with E-state index in [0.29, 0.717) is 11.5 Å². The number of likely N-dealkylation sites (tertiary alicyclic amines) is 2. The molecule has 3 heterocycles. The predicted octanol–water partition coefficient (Wildman–Crippen LogP) is 0.779. The van der Waals surface area contributed by atoms with Crippen LogP contribution in [0.5, 0.6) is 0 Å². The Kier molecular flexibility index (Phi) is 4.41. The van der Waals surface area contributed by atoms with Gasteiger partial charge in [0.1, 0.15) is 6.33 Å². The van der Waals surface area contributed by atoms with Gasteiger partial charge in [-0.1, -0.05) is 0 Å². The van der Waals surface area contributed by atoms with Crippen LogP contribution < -0.4 is 5.32 Å². The molecule has 1 unspecified atom stereocenters. The number of amides is 2. The molecular formula is C18H25N5O2. The normalized spacial score (nSPS) is 25.4. The number of hydrogen-bond acceptors (Lipinski definition) is 5. The van der Waals surface area contributed by atoms with Crippen LogP contribution in [0.3, 0.4) is 0 Å². The van der Waals surface area contributed by atoms with Gasteiger partial charge in [-0.25, -0.2) is 9.97 Å². The number of aromatic nitrogens is 2. The molecule has 134 valence electrons. The SMILES string of the molecule is CN1CCC(N2CCC(NC(=O)c3cncnc3C3CC3)CC2)C1=O. The van der Waals surface area contributed by atoms with Gasteiger partial charge in [-0.2, -0.15) is 0 Å². The zero-order valence-electron chi connectivity index (χ0n) is 14.6. The number of hydrogen-bond donors (Lipinski definition) is 1. The Labute approximate surface area is 147 Å². The molecular weight excluding hydrogens is 318 g/mol. The van der Waals surface area contributed by atoms with Gasteiger partial charge in [0.15, 0.2) is 0 Å². The molecule has 1 N–H and O–H groups in total. The lowest BCUT2D eigenvalue weighted by molar-refractivity contribution is -0.131. The van der Waals surface area contributed by atoms with E-state index in [9.17, 15) is 9.59 Å². The fourth-order valence-electron chi connectivity index (χ4n) is 3.96. The van der Waals surface area contributed by atoms with Crippen LogP contribution in [0, 0.1) is 0 Å². The lowest BCUT2D eigenvalue weighted by Gasteiger charge is -2.35. The molecule has 0 spiro atoms. The van der Waals surface area contributed by atoms with Gasteiger partial charge in [-0.15, -0.1) is 0 Å². The van der Waals surface area contributed by atoms with E-state index in [2.05, 4.69) is 20.2 Å². The molecule has 2 aliphatic heterocycles. The number of rotatable bonds is 4. The molecule has 1 aliphatic carbocycles. The van der Waals surface area contributed by atoms with E-state index in [1.54, 1.807) is 6.20 Å². The molecule has 7 nitrogen and oxygen atoms in total. The minimum Gasteiger partial charge on any atom is -0.349 e. The first kappa shape index (κ1) is 16.4. The second-order valence-corrected chi connectivity index (χ2v) is 7.44. The van der Waals surface area contributed by atoms with Gasteiger partial charge in [0.05, 0.1) is 17.3 Å². The van der Waals surface area contributed by atoms with Crippen LogP contribution in [-0.2, 0) is 4.79 Å². The molecule has 3 fully saturated rings. The minimum absolute atomic E-state index is 0.0330. The van der Waals surface area contributed by atoms with Gasteiger partial charge >= 0.3 is 0 Å². The van der Waals surface area contributed by atoms with Gasteiger partial charge in [-0.05, 0) is 32.1 Å². The summed E-state index contributed by atoms with van der Waals surface area (Å²) in [5.41, 5.74) is 1.52. The van der Waals surface area contributed by atoms with E-state index in [0.717, 1.165) is 57.4 Å². The van der Waals surface area contributed by atoms with E-state index in [-0.39, 0.29) is 23.9 Å². The maximum Gasteiger partial charge on any atom is 0.254 e. The first-order chi connectivity index (χ1) is 12.1. The summed E-state index contributed by atoms with van der Waals surface area (Å²) in [7, 11) is 1.87. The molecule has 3 aliphatic rings. The van der Waals surface area contributed by atoms with Crippen molar-refractivity contribution in [2.24, 2.45) is 0 Å². The molecule has 1 aromatic rings. The van der Waals surface area contributed by atoms with E-state index in [1.807, 2.05) is 11.9 Å². The van der Waals surface area contributed by atoms with Gasteiger partial charge in [-0.3, -0.25) is 14.5 Å². The summed E-state index contributed by atoms with van der Waals surface area (Å²) in [6.45, 7) is 2.56. The van der Waals surface area contributed by atoms with Crippen molar-refractivity contribution in [2.45, 2.75) is 50.1 Å². The van der Waals surface area contributed by atoms with E-state index < -0.39 is 0 Å². The first-order valence-electron chi connectivity index (χ1n) is 9.23. The van der Waals surface area contributed by atoms with Crippen LogP contribution in [0.15, 0.2) is 12.5 Å². The highest BCUT2D eigenvalue weighted by Crippen LogP contribution is 2.40. The Bertz CT molecular complexity index is 667. The second-order valence-electron chi connectivity index (χ2n) is 7.44. The highest BCUT2D eigenvalue weighted by molar-refractivity contribution is 5.95. The highest BCUT2D eigenvalue weighted by Gasteiger charge is 2.36. The molecule has 2 saturated heterocycles. The molecule has 7 heteroatoms. The van der Waals surface area contributed by atoms with Gasteiger partial charge < -0.3 is 10.2 Å². The second kappa shape index (κ2) is 6.71. The number of carbonyl (C=O) groups excluding carboxylic acids is 2. The van der Waals surface area contributed by atoms with Crippen molar-refractivity contribution in [3.8, 4) is 0 Å². The predicted molar refractivity (Wildman–Crippen MR) is 92.1 cm³/mol. The smallest absolute Gasteiger partial charge is 0.254 e. The monoisotopic (exact) mass is 343 g/mol. The summed E-state index contributed by atoms with van der Waals surface area (Å²) < 4.78 is 0. The zero-order valence-corrected chi connectivity index (χ0v) is 14.6. The molecule has 1 saturated carbocycles. The van der Waals surface area contributed by atoms with Gasteiger partial charge in [0.2, 0.25) is 5.91 Å². The topological polar surface area (TPSA) is 78.4 Å². The van der Waals surface area contributed by atoms with Crippen molar-refractivity contribution < 1.29 is 9.59 Å². The van der Waals surface area contributed by atoms with Crippen LogP contribution in [-0.4, -0.2) is 70.3 Å². The van der Waals surface area contributed by atoms with Crippen LogP contribution in [0.25, 0.3) is 0 Å². The van der Waals surface area contributed by atoms with Crippen LogP contribution in [0.1, 0.15) is 54.1 Å². The quantitative estimate of drug-likeness (QED) is 0.874. The number of piperidine rings is 1. The lowest BCUT2D eigenvalue weighted by atomic mass is 10.0. The molecule has 0 bridgehead atoms. The standard InChI is InChI=1S/C18H25N5O2/c1-22-7-6-15(18(22)25)23-8-4-13(5-9-23)21-17(24)14-10-19-11-20-16(14)12-2-3-12/h10-13,15H,2-9H2,1H3,(H,21,24). The Morgan fingerprint density at radius 1 is 1.16 bits per heavy atom. The van der Waals surface area contributed by atoms with Crippen LogP contribution in [0.2, 0.25) is 0 Å². The van der Waals surface area contributed by atoms with Crippen molar-refractivity contribution in [3.63, 3.8) is 0 Å². The fraction of sp³-hybridized carbons (Fsp3) is 0.667. The van der Waals surface area contributed by atoms with Crippen molar-refractivity contribution in [1.29, 1.82) is 0 Å². The van der Waals surface area contributed by atoms with E-state index >= 15 is 0 Å². The Hall–Kier alpha value is -2.02. The third-order valence-electron chi connectivity index (χ3n) is 5.66. The zero-order chi connectivity index (χ0) is 17.4. The first-order valence-corrected chi connectivity index (χ1v) is 9.23. The molecule has 0 radical (unpaired) electrons. The maximum atomic E-state index is 12.6. The number of nitrogens with one attached hydrogen (secondary N) is 1. The molecule has 2 amide bonds. The summed E-state index contributed by atoms with van der Waals surface area (Å²) in [6.07, 6.45) is 8.06. The Balaban J connectivity index is 1.33. The van der Waals surface area contributed by atoms with Crippen molar-refractivity contribution in [2.75, 3.05) is 26.7 Å². The number of likely N-dealkylation sites (N-methyl/N-ethyl adjacent to an activating group) is 1. The summed E-state index contributed by atoms with van der Waals surface area (Å²) in [5, 5.41) is 3.15. The molecule has 4 rings (SSSR count). The fourth-order valence-corrected chi connectivity index (χ4v) is 3.96. The third kappa shape index (κ3) is 3.38. The lowest BCUT2D eigenvalue weighted by Crippen LogP contribution is -2.50. The number of nitrogens with zero attached hydrogens (tertiary/aromatic N) is 4. The maximum absolute atomic E-state index is 12.6. The highest BCUT2D eigenvalue weighted by atomic mass is 16.2. The van der Waals surface area contributed by atoms with Gasteiger partial charge in [0, 0.05) is 44.8 Å². The summed E-state index contributed by atoms with van der Waals surface area (Å²) in [4.78, 5) is 37.2. The minimum atomic E-state index is -0.0578. The average molecular weight is 343 g/mol. The Morgan fingerprint density at radius 3 is 2.56 bits per heavy atom. The number of carbonyl (C=O) groups is 2. The van der Waals surface area contributed by atoms with Crippen molar-refractivity contribution in [1.82, 2.24) is 25.1 Å². The van der Waals surface area contributed by atoms with Crippen molar-refractivity contribution >= 4 is 11.8 Å². The summed E-state index contributed by atoms with van der Waals surface area (Å²) >= 11 is 0. The molecule has 1 aromatic heterocycles. The average Bonchev–Trinajstić information content (AvgIpc) is 3.43. The van der Waals surface area contributed by atoms with Crippen LogP contribution >= 0.6 is 0 Å². The summed E-state index contributed by atoms with van der Waals surface area (Å²) in [5.74, 6) is 0.603. The van der Waals surface area contributed by atoms with E-state index in [1.165, 1.54) is 6.33 Å². The molecule has 0 aromatic carbocycles. The van der Waals surface area contributed by atoms with Crippen LogP contribution in [0.4, 0.5) is 0 Å². The largest absolute Gasteiger partial charge is 0.349 e. The summed E-state index contributed by atoms with van der Waals surface area (Å²) in [6, 6.07) is 0.191. The Morgan fingerprint density at radius 2 is 1.92 bits per heavy atom. The van der Waals surface area contributed by atoms with E-state index in [4.69, 9.17) is 0 Å².